The summed E-state index contributed by atoms with van der Waals surface area (Å²) in [5, 5.41) is 15.1. The summed E-state index contributed by atoms with van der Waals surface area (Å²) in [6, 6.07) is 12.5. The number of aliphatic hydroxyl groups is 1. The fourth-order valence-electron chi connectivity index (χ4n) is 4.05. The van der Waals surface area contributed by atoms with Gasteiger partial charge in [-0.05, 0) is 89.9 Å². The van der Waals surface area contributed by atoms with Gasteiger partial charge in [0.25, 0.3) is 0 Å². The van der Waals surface area contributed by atoms with Crippen molar-refractivity contribution in [2.75, 3.05) is 16.8 Å². The molecule has 40 heavy (non-hydrogen) atoms. The highest BCUT2D eigenvalue weighted by atomic mass is 16.6. The van der Waals surface area contributed by atoms with Gasteiger partial charge in [0.1, 0.15) is 17.2 Å². The van der Waals surface area contributed by atoms with Crippen LogP contribution >= 0.6 is 0 Å². The number of nitrogens with one attached hydrogen (secondary N) is 2. The molecule has 0 spiro atoms. The number of piperidine rings is 1. The number of nitrogens with zero attached hydrogens (tertiary/aromatic N) is 1. The van der Waals surface area contributed by atoms with E-state index in [9.17, 15) is 24.3 Å². The van der Waals surface area contributed by atoms with E-state index < -0.39 is 41.3 Å². The number of hydrogen-bond acceptors (Lipinski definition) is 7. The molecule has 0 aromatic heterocycles. The number of alkyl carbamates (subject to hydrolysis) is 1. The molecule has 0 aliphatic carbocycles. The first-order valence-corrected chi connectivity index (χ1v) is 13.3. The van der Waals surface area contributed by atoms with Gasteiger partial charge in [-0.15, -0.1) is 0 Å². The fraction of sp³-hybridized carbons (Fsp3) is 0.467. The smallest absolute Gasteiger partial charge is 0.408 e. The maximum atomic E-state index is 13.3. The fourth-order valence-corrected chi connectivity index (χ4v) is 4.05. The molecule has 2 unspecified atom stereocenters. The van der Waals surface area contributed by atoms with E-state index in [4.69, 9.17) is 9.47 Å². The maximum absolute atomic E-state index is 13.3. The van der Waals surface area contributed by atoms with E-state index >= 15 is 0 Å². The van der Waals surface area contributed by atoms with Gasteiger partial charge in [-0.25, -0.2) is 9.59 Å². The molecule has 1 fully saturated rings. The van der Waals surface area contributed by atoms with Gasteiger partial charge >= 0.3 is 12.1 Å². The average molecular weight is 554 g/mol. The van der Waals surface area contributed by atoms with E-state index in [1.54, 1.807) is 95.0 Å². The molecular weight excluding hydrogens is 514 g/mol. The van der Waals surface area contributed by atoms with E-state index in [0.29, 0.717) is 29.9 Å². The number of carbonyl (C=O) groups excluding carboxylic acids is 4. The van der Waals surface area contributed by atoms with Crippen molar-refractivity contribution in [2.45, 2.75) is 84.2 Å². The number of rotatable bonds is 7. The van der Waals surface area contributed by atoms with Crippen molar-refractivity contribution in [3.63, 3.8) is 0 Å². The average Bonchev–Trinajstić information content (AvgIpc) is 2.82. The number of aliphatic hydroxyl groups excluding tert-OH is 1. The molecule has 2 aromatic carbocycles. The highest BCUT2D eigenvalue weighted by molar-refractivity contribution is 5.98. The second kappa shape index (κ2) is 12.5. The lowest BCUT2D eigenvalue weighted by Crippen LogP contribution is -2.47. The highest BCUT2D eigenvalue weighted by Gasteiger charge is 2.27. The minimum Gasteiger partial charge on any atom is -0.456 e. The molecule has 0 bridgehead atoms. The van der Waals surface area contributed by atoms with Gasteiger partial charge < -0.3 is 30.1 Å². The summed E-state index contributed by atoms with van der Waals surface area (Å²) in [5.41, 5.74) is 0.858. The summed E-state index contributed by atoms with van der Waals surface area (Å²) >= 11 is 0. The van der Waals surface area contributed by atoms with Gasteiger partial charge in [0.05, 0.1) is 18.1 Å². The SMILES string of the molecule is CC(C)(C)OC(=O)NC(Cc1ccc(N2CCC(O)CC2=O)cc1)C(=O)Nc1ccc(C(=O)OC(C)(C)C)cc1. The monoisotopic (exact) mass is 553 g/mol. The number of ether oxygens (including phenoxy) is 2. The summed E-state index contributed by atoms with van der Waals surface area (Å²) in [4.78, 5) is 52.0. The molecule has 2 aromatic rings. The molecular formula is C30H39N3O7. The molecule has 1 saturated heterocycles. The molecule has 1 aliphatic rings. The first-order valence-electron chi connectivity index (χ1n) is 13.3. The first kappa shape index (κ1) is 30.6. The lowest BCUT2D eigenvalue weighted by atomic mass is 10.0. The topological polar surface area (TPSA) is 134 Å². The zero-order valence-corrected chi connectivity index (χ0v) is 23.9. The molecule has 3 N–H and O–H groups in total. The van der Waals surface area contributed by atoms with Gasteiger partial charge in [-0.2, -0.15) is 0 Å². The minimum absolute atomic E-state index is 0.0859. The van der Waals surface area contributed by atoms with Crippen molar-refractivity contribution >= 4 is 35.3 Å². The van der Waals surface area contributed by atoms with Crippen LogP contribution in [0.1, 0.15) is 70.3 Å². The lowest BCUT2D eigenvalue weighted by Gasteiger charge is -2.29. The molecule has 10 heteroatoms. The van der Waals surface area contributed by atoms with E-state index in [-0.39, 0.29) is 18.7 Å². The van der Waals surface area contributed by atoms with E-state index in [1.165, 1.54) is 0 Å². The minimum atomic E-state index is -0.974. The molecule has 0 saturated carbocycles. The number of esters is 1. The number of benzene rings is 2. The van der Waals surface area contributed by atoms with Crippen LogP contribution < -0.4 is 15.5 Å². The summed E-state index contributed by atoms with van der Waals surface area (Å²) in [6.07, 6.45) is -0.595. The molecule has 10 nitrogen and oxygen atoms in total. The van der Waals surface area contributed by atoms with Crippen molar-refractivity contribution in [1.29, 1.82) is 0 Å². The normalized spacial score (nSPS) is 16.6. The zero-order valence-electron chi connectivity index (χ0n) is 23.9. The summed E-state index contributed by atoms with van der Waals surface area (Å²) in [5.74, 6) is -1.09. The Morgan fingerprint density at radius 1 is 0.950 bits per heavy atom. The van der Waals surface area contributed by atoms with E-state index in [0.717, 1.165) is 5.56 Å². The van der Waals surface area contributed by atoms with E-state index in [2.05, 4.69) is 10.6 Å². The third kappa shape index (κ3) is 9.37. The Labute approximate surface area is 235 Å². The Morgan fingerprint density at radius 3 is 2.10 bits per heavy atom. The van der Waals surface area contributed by atoms with Gasteiger partial charge in [-0.3, -0.25) is 9.59 Å². The van der Waals surface area contributed by atoms with Crippen molar-refractivity contribution < 1.29 is 33.8 Å². The van der Waals surface area contributed by atoms with Gasteiger partial charge in [-0.1, -0.05) is 12.1 Å². The van der Waals surface area contributed by atoms with Crippen LogP contribution in [-0.4, -0.2) is 58.9 Å². The molecule has 216 valence electrons. The van der Waals surface area contributed by atoms with Crippen LogP contribution in [0.4, 0.5) is 16.2 Å². The van der Waals surface area contributed by atoms with Crippen LogP contribution in [-0.2, 0) is 25.5 Å². The number of carbonyl (C=O) groups is 4. The lowest BCUT2D eigenvalue weighted by molar-refractivity contribution is -0.122. The first-order chi connectivity index (χ1) is 18.6. The zero-order chi connectivity index (χ0) is 29.7. The van der Waals surface area contributed by atoms with Crippen molar-refractivity contribution in [3.8, 4) is 0 Å². The van der Waals surface area contributed by atoms with Crippen LogP contribution in [0.5, 0.6) is 0 Å². The van der Waals surface area contributed by atoms with Gasteiger partial charge in [0.15, 0.2) is 0 Å². The third-order valence-electron chi connectivity index (χ3n) is 5.88. The Hall–Kier alpha value is -3.92. The summed E-state index contributed by atoms with van der Waals surface area (Å²) in [6.45, 7) is 11.0. The standard InChI is InChI=1S/C30H39N3O7/c1-29(2,3)39-27(37)20-9-11-21(12-10-20)31-26(36)24(32-28(38)40-30(4,5)6)17-19-7-13-22(14-8-19)33-16-15-23(34)18-25(33)35/h7-14,23-24,34H,15-18H2,1-6H3,(H,31,36)(H,32,38). The van der Waals surface area contributed by atoms with Gasteiger partial charge in [0.2, 0.25) is 11.8 Å². The third-order valence-corrected chi connectivity index (χ3v) is 5.88. The Bertz CT molecular complexity index is 1210. The quantitative estimate of drug-likeness (QED) is 0.438. The van der Waals surface area contributed by atoms with Crippen LogP contribution in [0, 0.1) is 0 Å². The Balaban J connectivity index is 1.73. The summed E-state index contributed by atoms with van der Waals surface area (Å²) < 4.78 is 10.7. The Kier molecular flexibility index (Phi) is 9.57. The molecule has 2 atom stereocenters. The van der Waals surface area contributed by atoms with Crippen LogP contribution in [0.25, 0.3) is 0 Å². The van der Waals surface area contributed by atoms with Crippen LogP contribution in [0.15, 0.2) is 48.5 Å². The second-order valence-electron chi connectivity index (χ2n) is 11.8. The molecule has 3 rings (SSSR count). The van der Waals surface area contributed by atoms with Gasteiger partial charge in [0, 0.05) is 24.3 Å². The predicted molar refractivity (Wildman–Crippen MR) is 151 cm³/mol. The molecule has 1 aliphatic heterocycles. The second-order valence-corrected chi connectivity index (χ2v) is 11.8. The van der Waals surface area contributed by atoms with Crippen molar-refractivity contribution in [1.82, 2.24) is 5.32 Å². The molecule has 0 radical (unpaired) electrons. The van der Waals surface area contributed by atoms with E-state index in [1.807, 2.05) is 0 Å². The predicted octanol–water partition coefficient (Wildman–Crippen LogP) is 4.20. The number of hydrogen-bond donors (Lipinski definition) is 3. The summed E-state index contributed by atoms with van der Waals surface area (Å²) in [7, 11) is 0. The molecule has 1 heterocycles. The Morgan fingerprint density at radius 2 is 1.55 bits per heavy atom. The maximum Gasteiger partial charge on any atom is 0.408 e. The number of amides is 3. The van der Waals surface area contributed by atoms with Crippen molar-refractivity contribution in [3.05, 3.63) is 59.7 Å². The molecule has 3 amide bonds. The largest absolute Gasteiger partial charge is 0.456 e. The van der Waals surface area contributed by atoms with Crippen LogP contribution in [0.3, 0.4) is 0 Å². The van der Waals surface area contributed by atoms with Crippen molar-refractivity contribution in [2.24, 2.45) is 0 Å². The van der Waals surface area contributed by atoms with Crippen LogP contribution in [0.2, 0.25) is 0 Å². The number of anilines is 2. The highest BCUT2D eigenvalue weighted by Crippen LogP contribution is 2.22.